The highest BCUT2D eigenvalue weighted by Gasteiger charge is 2.46. The van der Waals surface area contributed by atoms with Gasteiger partial charge in [-0.25, -0.2) is 4.98 Å². The summed E-state index contributed by atoms with van der Waals surface area (Å²) in [6, 6.07) is 6.32. The van der Waals surface area contributed by atoms with E-state index >= 15 is 0 Å². The van der Waals surface area contributed by atoms with Gasteiger partial charge in [-0.2, -0.15) is 0 Å². The summed E-state index contributed by atoms with van der Waals surface area (Å²) in [6.07, 6.45) is 4.18. The molecule has 1 aromatic heterocycles. The topological polar surface area (TPSA) is 49.8 Å². The number of hydrogen-bond donors (Lipinski definition) is 1. The monoisotopic (exact) mass is 430 g/mol. The highest BCUT2D eigenvalue weighted by atomic mass is 127. The maximum atomic E-state index is 5.96. The first-order valence-electron chi connectivity index (χ1n) is 8.22. The summed E-state index contributed by atoms with van der Waals surface area (Å²) in [4.78, 5) is 11.2. The Morgan fingerprint density at radius 3 is 2.87 bits per heavy atom. The lowest BCUT2D eigenvalue weighted by atomic mass is 10.2. The maximum absolute atomic E-state index is 5.96. The van der Waals surface area contributed by atoms with E-state index in [0.29, 0.717) is 17.3 Å². The molecule has 0 bridgehead atoms. The van der Waals surface area contributed by atoms with Crippen LogP contribution in [-0.4, -0.2) is 47.6 Å². The number of guanidine groups is 1. The summed E-state index contributed by atoms with van der Waals surface area (Å²) in [7, 11) is 0. The van der Waals surface area contributed by atoms with Crippen molar-refractivity contribution in [3.05, 3.63) is 24.4 Å². The Labute approximate surface area is 155 Å². The van der Waals surface area contributed by atoms with Crippen molar-refractivity contribution in [1.29, 1.82) is 0 Å². The van der Waals surface area contributed by atoms with Gasteiger partial charge < -0.3 is 15.0 Å². The zero-order valence-electron chi connectivity index (χ0n) is 14.2. The summed E-state index contributed by atoms with van der Waals surface area (Å²) in [5.74, 6) is 1.74. The third-order valence-electron chi connectivity index (χ3n) is 4.49. The van der Waals surface area contributed by atoms with E-state index in [0.717, 1.165) is 32.0 Å². The quantitative estimate of drug-likeness (QED) is 0.454. The van der Waals surface area contributed by atoms with Crippen LogP contribution in [0.2, 0.25) is 0 Å². The molecule has 2 heterocycles. The van der Waals surface area contributed by atoms with Crippen LogP contribution in [0.4, 0.5) is 0 Å². The molecule has 2 unspecified atom stereocenters. The minimum Gasteiger partial charge on any atom is -0.472 e. The summed E-state index contributed by atoms with van der Waals surface area (Å²) >= 11 is 0. The van der Waals surface area contributed by atoms with Gasteiger partial charge in [-0.05, 0) is 24.8 Å². The van der Waals surface area contributed by atoms with E-state index in [1.807, 2.05) is 18.2 Å². The van der Waals surface area contributed by atoms with Gasteiger partial charge in [0.25, 0.3) is 0 Å². The molecule has 6 heteroatoms. The first-order chi connectivity index (χ1) is 10.6. The molecule has 2 aliphatic rings. The second-order valence-electron chi connectivity index (χ2n) is 6.83. The van der Waals surface area contributed by atoms with Gasteiger partial charge in [0.1, 0.15) is 6.10 Å². The van der Waals surface area contributed by atoms with Crippen molar-refractivity contribution in [2.75, 3.05) is 19.6 Å². The molecule has 0 amide bonds. The van der Waals surface area contributed by atoms with Crippen LogP contribution < -0.4 is 10.1 Å². The van der Waals surface area contributed by atoms with Crippen LogP contribution in [0.1, 0.15) is 33.6 Å². The summed E-state index contributed by atoms with van der Waals surface area (Å²) < 4.78 is 5.96. The number of rotatable bonds is 4. The van der Waals surface area contributed by atoms with Crippen LogP contribution in [0.15, 0.2) is 29.4 Å². The standard InChI is InChI=1S/C17H26N4O.HI/c1-4-18-16(20-14-11-17(14,2)3)21-10-8-13(12-21)22-15-7-5-6-9-19-15;/h5-7,9,13-14H,4,8,10-12H2,1-3H3,(H,18,20);1H. The molecule has 2 fully saturated rings. The average molecular weight is 430 g/mol. The van der Waals surface area contributed by atoms with Gasteiger partial charge in [-0.15, -0.1) is 24.0 Å². The Kier molecular flexibility index (Phi) is 6.11. The lowest BCUT2D eigenvalue weighted by molar-refractivity contribution is 0.205. The van der Waals surface area contributed by atoms with Crippen molar-refractivity contribution in [3.8, 4) is 5.88 Å². The van der Waals surface area contributed by atoms with Gasteiger partial charge in [0.15, 0.2) is 5.96 Å². The number of ether oxygens (including phenoxy) is 1. The van der Waals surface area contributed by atoms with Gasteiger partial charge in [-0.3, -0.25) is 4.99 Å². The van der Waals surface area contributed by atoms with Crippen LogP contribution >= 0.6 is 24.0 Å². The molecular weight excluding hydrogens is 403 g/mol. The number of aliphatic imine (C=N–C) groups is 1. The predicted molar refractivity (Wildman–Crippen MR) is 104 cm³/mol. The van der Waals surface area contributed by atoms with E-state index in [1.54, 1.807) is 6.20 Å². The molecule has 1 saturated heterocycles. The highest BCUT2D eigenvalue weighted by molar-refractivity contribution is 14.0. The van der Waals surface area contributed by atoms with E-state index in [1.165, 1.54) is 6.42 Å². The largest absolute Gasteiger partial charge is 0.472 e. The molecule has 5 nitrogen and oxygen atoms in total. The number of nitrogens with one attached hydrogen (secondary N) is 1. The van der Waals surface area contributed by atoms with E-state index in [4.69, 9.17) is 4.74 Å². The van der Waals surface area contributed by atoms with E-state index < -0.39 is 0 Å². The van der Waals surface area contributed by atoms with Crippen molar-refractivity contribution in [2.45, 2.75) is 45.8 Å². The second-order valence-corrected chi connectivity index (χ2v) is 6.83. The lowest BCUT2D eigenvalue weighted by Gasteiger charge is -2.22. The molecular formula is C17H27IN4O. The minimum absolute atomic E-state index is 0. The van der Waals surface area contributed by atoms with Gasteiger partial charge >= 0.3 is 0 Å². The Balaban J connectivity index is 0.00000192. The van der Waals surface area contributed by atoms with Crippen molar-refractivity contribution in [2.24, 2.45) is 10.4 Å². The van der Waals surface area contributed by atoms with Crippen molar-refractivity contribution >= 4 is 29.9 Å². The molecule has 2 atom stereocenters. The molecule has 128 valence electrons. The molecule has 0 aromatic carbocycles. The van der Waals surface area contributed by atoms with Gasteiger partial charge in [-0.1, -0.05) is 19.9 Å². The van der Waals surface area contributed by atoms with Crippen molar-refractivity contribution in [3.63, 3.8) is 0 Å². The fraction of sp³-hybridized carbons (Fsp3) is 0.647. The number of hydrogen-bond acceptors (Lipinski definition) is 3. The SMILES string of the molecule is CCN=C(NC1CC1(C)C)N1CCC(Oc2ccccn2)C1.I. The predicted octanol–water partition coefficient (Wildman–Crippen LogP) is 2.92. The molecule has 1 aliphatic carbocycles. The zero-order chi connectivity index (χ0) is 15.6. The number of aromatic nitrogens is 1. The van der Waals surface area contributed by atoms with Gasteiger partial charge in [0, 0.05) is 37.8 Å². The van der Waals surface area contributed by atoms with E-state index in [2.05, 4.69) is 41.0 Å². The molecule has 1 saturated carbocycles. The number of halogens is 1. The summed E-state index contributed by atoms with van der Waals surface area (Å²) in [5, 5.41) is 3.61. The molecule has 1 aliphatic heterocycles. The Morgan fingerprint density at radius 2 is 2.26 bits per heavy atom. The summed E-state index contributed by atoms with van der Waals surface area (Å²) in [6.45, 7) is 9.33. The van der Waals surface area contributed by atoms with Gasteiger partial charge in [0.05, 0.1) is 6.54 Å². The first kappa shape index (κ1) is 18.3. The third-order valence-corrected chi connectivity index (χ3v) is 4.49. The second kappa shape index (κ2) is 7.68. The van der Waals surface area contributed by atoms with Crippen molar-refractivity contribution < 1.29 is 4.74 Å². The van der Waals surface area contributed by atoms with Gasteiger partial charge in [0.2, 0.25) is 5.88 Å². The Hall–Kier alpha value is -1.05. The van der Waals surface area contributed by atoms with E-state index in [-0.39, 0.29) is 30.1 Å². The fourth-order valence-electron chi connectivity index (χ4n) is 2.86. The van der Waals surface area contributed by atoms with E-state index in [9.17, 15) is 0 Å². The molecule has 1 aromatic rings. The number of likely N-dealkylation sites (tertiary alicyclic amines) is 1. The first-order valence-corrected chi connectivity index (χ1v) is 8.22. The Morgan fingerprint density at radius 1 is 1.48 bits per heavy atom. The van der Waals surface area contributed by atoms with Crippen LogP contribution in [0.25, 0.3) is 0 Å². The third kappa shape index (κ3) is 4.71. The van der Waals surface area contributed by atoms with Crippen LogP contribution in [-0.2, 0) is 0 Å². The molecule has 3 rings (SSSR count). The van der Waals surface area contributed by atoms with Crippen LogP contribution in [0.5, 0.6) is 5.88 Å². The number of nitrogens with zero attached hydrogens (tertiary/aromatic N) is 3. The van der Waals surface area contributed by atoms with Crippen LogP contribution in [0.3, 0.4) is 0 Å². The molecule has 1 N–H and O–H groups in total. The minimum atomic E-state index is 0. The molecule has 0 radical (unpaired) electrons. The highest BCUT2D eigenvalue weighted by Crippen LogP contribution is 2.44. The Bertz CT molecular complexity index is 535. The average Bonchev–Trinajstić information content (AvgIpc) is 2.88. The number of pyridine rings is 1. The normalized spacial score (nSPS) is 25.7. The summed E-state index contributed by atoms with van der Waals surface area (Å²) in [5.41, 5.74) is 0.401. The maximum Gasteiger partial charge on any atom is 0.213 e. The van der Waals surface area contributed by atoms with Crippen molar-refractivity contribution in [1.82, 2.24) is 15.2 Å². The smallest absolute Gasteiger partial charge is 0.213 e. The fourth-order valence-corrected chi connectivity index (χ4v) is 2.86. The molecule has 23 heavy (non-hydrogen) atoms. The van der Waals surface area contributed by atoms with Crippen LogP contribution in [0, 0.1) is 5.41 Å². The lowest BCUT2D eigenvalue weighted by Crippen LogP contribution is -2.43. The molecule has 0 spiro atoms. The zero-order valence-corrected chi connectivity index (χ0v) is 16.5.